The SMILES string of the molecule is COc1cc(OC)c(NC(=O)CSc2cccc(NC(=O)/C(=C/c3cccs3)NC(=O)c3ccccc3)c2)cc1Cl. The van der Waals surface area contributed by atoms with Crippen molar-refractivity contribution in [2.45, 2.75) is 4.90 Å². The van der Waals surface area contributed by atoms with Crippen LogP contribution in [-0.2, 0) is 9.59 Å². The number of halogens is 1. The van der Waals surface area contributed by atoms with Crippen molar-refractivity contribution in [2.75, 3.05) is 30.6 Å². The Morgan fingerprint density at radius 3 is 2.39 bits per heavy atom. The Morgan fingerprint density at radius 1 is 0.902 bits per heavy atom. The zero-order valence-electron chi connectivity index (χ0n) is 22.1. The summed E-state index contributed by atoms with van der Waals surface area (Å²) in [7, 11) is 2.98. The summed E-state index contributed by atoms with van der Waals surface area (Å²) in [4.78, 5) is 40.2. The summed E-state index contributed by atoms with van der Waals surface area (Å²) in [5, 5.41) is 10.6. The van der Waals surface area contributed by atoms with Gasteiger partial charge in [0.15, 0.2) is 0 Å². The van der Waals surface area contributed by atoms with Crippen molar-refractivity contribution < 1.29 is 23.9 Å². The first-order valence-electron chi connectivity index (χ1n) is 12.2. The van der Waals surface area contributed by atoms with Gasteiger partial charge < -0.3 is 25.4 Å². The zero-order chi connectivity index (χ0) is 29.2. The summed E-state index contributed by atoms with van der Waals surface area (Å²) in [5.41, 5.74) is 1.47. The highest BCUT2D eigenvalue weighted by atomic mass is 35.5. The van der Waals surface area contributed by atoms with Gasteiger partial charge in [-0.15, -0.1) is 23.1 Å². The summed E-state index contributed by atoms with van der Waals surface area (Å²) in [6.45, 7) is 0. The maximum atomic E-state index is 13.2. The summed E-state index contributed by atoms with van der Waals surface area (Å²) < 4.78 is 10.5. The van der Waals surface area contributed by atoms with Crippen molar-refractivity contribution in [3.63, 3.8) is 0 Å². The molecule has 8 nitrogen and oxygen atoms in total. The maximum absolute atomic E-state index is 13.2. The highest BCUT2D eigenvalue weighted by Crippen LogP contribution is 2.36. The number of hydrogen-bond donors (Lipinski definition) is 3. The largest absolute Gasteiger partial charge is 0.495 e. The van der Waals surface area contributed by atoms with Gasteiger partial charge in [-0.3, -0.25) is 14.4 Å². The number of ether oxygens (including phenoxy) is 2. The van der Waals surface area contributed by atoms with Crippen LogP contribution in [0.5, 0.6) is 11.5 Å². The molecule has 3 N–H and O–H groups in total. The Kier molecular flexibility index (Phi) is 10.4. The molecule has 0 aliphatic heterocycles. The molecule has 11 heteroatoms. The number of amides is 3. The summed E-state index contributed by atoms with van der Waals surface area (Å²) in [6.07, 6.45) is 1.63. The van der Waals surface area contributed by atoms with Gasteiger partial charge in [0.05, 0.1) is 30.7 Å². The average Bonchev–Trinajstić information content (AvgIpc) is 3.50. The lowest BCUT2D eigenvalue weighted by Crippen LogP contribution is -2.30. The van der Waals surface area contributed by atoms with Gasteiger partial charge in [0.2, 0.25) is 5.91 Å². The third-order valence-corrected chi connectivity index (χ3v) is 7.68. The molecule has 210 valence electrons. The van der Waals surface area contributed by atoms with Gasteiger partial charge in [0.1, 0.15) is 17.2 Å². The average molecular weight is 608 g/mol. The van der Waals surface area contributed by atoms with E-state index < -0.39 is 11.8 Å². The van der Waals surface area contributed by atoms with Crippen LogP contribution in [0.1, 0.15) is 15.2 Å². The lowest BCUT2D eigenvalue weighted by molar-refractivity contribution is -0.114. The predicted octanol–water partition coefficient (Wildman–Crippen LogP) is 6.56. The minimum Gasteiger partial charge on any atom is -0.495 e. The first-order valence-corrected chi connectivity index (χ1v) is 14.5. The fraction of sp³-hybridized carbons (Fsp3) is 0.100. The number of thioether (sulfide) groups is 1. The second kappa shape index (κ2) is 14.4. The Bertz CT molecular complexity index is 1560. The van der Waals surface area contributed by atoms with E-state index in [0.717, 1.165) is 9.77 Å². The number of hydrogen-bond acceptors (Lipinski definition) is 7. The Balaban J connectivity index is 1.41. The topological polar surface area (TPSA) is 106 Å². The van der Waals surface area contributed by atoms with Crippen LogP contribution in [0.15, 0.2) is 94.8 Å². The highest BCUT2D eigenvalue weighted by molar-refractivity contribution is 8.00. The molecule has 0 spiro atoms. The van der Waals surface area contributed by atoms with Crippen LogP contribution >= 0.6 is 34.7 Å². The van der Waals surface area contributed by atoms with Crippen molar-refractivity contribution in [2.24, 2.45) is 0 Å². The molecule has 0 aliphatic carbocycles. The molecule has 0 unspecified atom stereocenters. The van der Waals surface area contributed by atoms with Crippen LogP contribution < -0.4 is 25.4 Å². The molecule has 41 heavy (non-hydrogen) atoms. The quantitative estimate of drug-likeness (QED) is 0.132. The molecular formula is C30H26ClN3O5S2. The van der Waals surface area contributed by atoms with Gasteiger partial charge in [0, 0.05) is 27.1 Å². The second-order valence-electron chi connectivity index (χ2n) is 8.40. The molecule has 0 bridgehead atoms. The van der Waals surface area contributed by atoms with E-state index in [1.165, 1.54) is 37.3 Å². The third kappa shape index (κ3) is 8.37. The Hall–Kier alpha value is -4.25. The number of rotatable bonds is 11. The molecule has 0 atom stereocenters. The highest BCUT2D eigenvalue weighted by Gasteiger charge is 2.16. The molecule has 0 aliphatic rings. The fourth-order valence-electron chi connectivity index (χ4n) is 3.61. The van der Waals surface area contributed by atoms with E-state index in [-0.39, 0.29) is 17.4 Å². The van der Waals surface area contributed by atoms with E-state index in [1.807, 2.05) is 29.6 Å². The van der Waals surface area contributed by atoms with Crippen molar-refractivity contribution in [1.29, 1.82) is 0 Å². The molecular weight excluding hydrogens is 582 g/mol. The monoisotopic (exact) mass is 607 g/mol. The predicted molar refractivity (Wildman–Crippen MR) is 165 cm³/mol. The molecule has 4 rings (SSSR count). The standard InChI is InChI=1S/C30H26ClN3O5S2/c1-38-26-17-27(39-2)24(16-23(26)31)33-28(35)18-41-21-11-6-10-20(14-21)32-30(37)25(15-22-12-7-13-40-22)34-29(36)19-8-4-3-5-9-19/h3-17H,18H2,1-2H3,(H,32,37)(H,33,35)(H,34,36)/b25-15-. The lowest BCUT2D eigenvalue weighted by Gasteiger charge is -2.13. The van der Waals surface area contributed by atoms with Crippen LogP contribution in [-0.4, -0.2) is 37.7 Å². The number of nitrogens with one attached hydrogen (secondary N) is 3. The van der Waals surface area contributed by atoms with Gasteiger partial charge in [-0.25, -0.2) is 0 Å². The lowest BCUT2D eigenvalue weighted by atomic mass is 10.2. The normalized spacial score (nSPS) is 11.0. The number of carbonyl (C=O) groups excluding carboxylic acids is 3. The van der Waals surface area contributed by atoms with Gasteiger partial charge >= 0.3 is 0 Å². The number of carbonyl (C=O) groups is 3. The molecule has 0 radical (unpaired) electrons. The van der Waals surface area contributed by atoms with Crippen molar-refractivity contribution in [1.82, 2.24) is 5.32 Å². The van der Waals surface area contributed by atoms with E-state index in [2.05, 4.69) is 16.0 Å². The fourth-order valence-corrected chi connectivity index (χ4v) is 5.27. The Morgan fingerprint density at radius 2 is 1.68 bits per heavy atom. The van der Waals surface area contributed by atoms with E-state index in [9.17, 15) is 14.4 Å². The molecule has 1 aromatic heterocycles. The van der Waals surface area contributed by atoms with E-state index >= 15 is 0 Å². The number of methoxy groups -OCH3 is 2. The summed E-state index contributed by atoms with van der Waals surface area (Å²) in [6, 6.07) is 22.6. The number of thiophene rings is 1. The first-order chi connectivity index (χ1) is 19.9. The first kappa shape index (κ1) is 29.7. The number of anilines is 2. The number of benzene rings is 3. The van der Waals surface area contributed by atoms with Crippen molar-refractivity contribution >= 4 is 69.9 Å². The van der Waals surface area contributed by atoms with E-state index in [0.29, 0.717) is 33.5 Å². The van der Waals surface area contributed by atoms with Gasteiger partial charge in [-0.2, -0.15) is 0 Å². The van der Waals surface area contributed by atoms with E-state index in [1.54, 1.807) is 60.7 Å². The van der Waals surface area contributed by atoms with Crippen molar-refractivity contribution in [3.8, 4) is 11.5 Å². The molecule has 0 saturated carbocycles. The van der Waals surface area contributed by atoms with Crippen LogP contribution in [0.3, 0.4) is 0 Å². The van der Waals surface area contributed by atoms with Crippen molar-refractivity contribution in [3.05, 3.63) is 105 Å². The summed E-state index contributed by atoms with van der Waals surface area (Å²) in [5.74, 6) is -0.197. The van der Waals surface area contributed by atoms with Crippen LogP contribution in [0, 0.1) is 0 Å². The van der Waals surface area contributed by atoms with Gasteiger partial charge in [-0.1, -0.05) is 41.9 Å². The molecule has 3 amide bonds. The van der Waals surface area contributed by atoms with E-state index in [4.69, 9.17) is 21.1 Å². The molecule has 0 saturated heterocycles. The molecule has 3 aromatic carbocycles. The second-order valence-corrected chi connectivity index (χ2v) is 10.8. The smallest absolute Gasteiger partial charge is 0.272 e. The maximum Gasteiger partial charge on any atom is 0.272 e. The molecule has 0 fully saturated rings. The van der Waals surface area contributed by atoms with Crippen LogP contribution in [0.2, 0.25) is 5.02 Å². The Labute approximate surface area is 250 Å². The summed E-state index contributed by atoms with van der Waals surface area (Å²) >= 11 is 8.93. The van der Waals surface area contributed by atoms with Crippen LogP contribution in [0.4, 0.5) is 11.4 Å². The molecule has 4 aromatic rings. The van der Waals surface area contributed by atoms with Gasteiger partial charge in [-0.05, 0) is 53.9 Å². The van der Waals surface area contributed by atoms with Crippen LogP contribution in [0.25, 0.3) is 6.08 Å². The minimum absolute atomic E-state index is 0.0981. The third-order valence-electron chi connectivity index (χ3n) is 5.57. The van der Waals surface area contributed by atoms with Gasteiger partial charge in [0.25, 0.3) is 11.8 Å². The zero-order valence-corrected chi connectivity index (χ0v) is 24.5. The minimum atomic E-state index is -0.481. The molecule has 1 heterocycles.